The predicted octanol–water partition coefficient (Wildman–Crippen LogP) is 4.02. The minimum atomic E-state index is -0.167. The lowest BCUT2D eigenvalue weighted by Crippen LogP contribution is -2.02. The summed E-state index contributed by atoms with van der Waals surface area (Å²) in [6.45, 7) is 3.97. The monoisotopic (exact) mass is 256 g/mol. The predicted molar refractivity (Wildman–Crippen MR) is 75.2 cm³/mol. The second-order valence-electron chi connectivity index (χ2n) is 4.51. The zero-order chi connectivity index (χ0) is 13.7. The Kier molecular flexibility index (Phi) is 4.34. The smallest absolute Gasteiger partial charge is 0.278 e. The third-order valence-electron chi connectivity index (χ3n) is 2.99. The van der Waals surface area contributed by atoms with Crippen LogP contribution < -0.4 is 5.32 Å². The maximum Gasteiger partial charge on any atom is 0.278 e. The van der Waals surface area contributed by atoms with E-state index in [1.165, 1.54) is 0 Å². The Bertz CT molecular complexity index is 517. The molecule has 1 aromatic carbocycles. The van der Waals surface area contributed by atoms with Crippen LogP contribution in [-0.2, 0) is 11.5 Å². The number of aromatic nitrogens is 2. The van der Waals surface area contributed by atoms with Crippen molar-refractivity contribution in [1.82, 2.24) is 9.97 Å². The normalized spacial score (nSPS) is 10.4. The van der Waals surface area contributed by atoms with Gasteiger partial charge >= 0.3 is 0 Å². The molecule has 4 heteroatoms. The molecule has 99 valence electrons. The molecule has 0 spiro atoms. The molecule has 0 aliphatic carbocycles. The van der Waals surface area contributed by atoms with Crippen molar-refractivity contribution >= 4 is 11.6 Å². The summed E-state index contributed by atoms with van der Waals surface area (Å²) in [5, 5.41) is 15.0. The summed E-state index contributed by atoms with van der Waals surface area (Å²) in [7, 11) is 0. The lowest BCUT2D eigenvalue weighted by molar-refractivity contribution is 0.331. The Morgan fingerprint density at radius 1 is 1.16 bits per heavy atom. The van der Waals surface area contributed by atoms with E-state index in [4.69, 9.17) is 0 Å². The number of nitrogens with zero attached hydrogens (tertiary/aromatic N) is 2. The molecule has 19 heavy (non-hydrogen) atoms. The summed E-state index contributed by atoms with van der Waals surface area (Å²) < 4.78 is 0. The van der Waals surface area contributed by atoms with Crippen molar-refractivity contribution in [3.05, 3.63) is 41.6 Å². The highest BCUT2D eigenvalue weighted by Gasteiger charge is 2.12. The Hall–Kier alpha value is -2.10. The van der Waals surface area contributed by atoms with Gasteiger partial charge in [0.1, 0.15) is 0 Å². The van der Waals surface area contributed by atoms with Crippen LogP contribution in [0.15, 0.2) is 30.3 Å². The van der Waals surface area contributed by atoms with Gasteiger partial charge in [-0.15, -0.1) is 0 Å². The van der Waals surface area contributed by atoms with Crippen LogP contribution in [0.25, 0.3) is 0 Å². The molecular formula is C15H18N3O. The summed E-state index contributed by atoms with van der Waals surface area (Å²) in [6, 6.07) is 9.60. The second-order valence-corrected chi connectivity index (χ2v) is 4.51. The summed E-state index contributed by atoms with van der Waals surface area (Å²) in [6.07, 6.45) is 2.81. The molecule has 0 saturated carbocycles. The van der Waals surface area contributed by atoms with Gasteiger partial charge in [-0.1, -0.05) is 31.5 Å². The summed E-state index contributed by atoms with van der Waals surface area (Å²) in [5.74, 6) is 0.202. The SMILES string of the molecule is CCCCc1c(C)nc(Nc2ccccc2)nc1[O]. The van der Waals surface area contributed by atoms with Gasteiger partial charge in [0, 0.05) is 11.3 Å². The van der Waals surface area contributed by atoms with Crippen molar-refractivity contribution in [3.8, 4) is 5.88 Å². The first kappa shape index (κ1) is 13.3. The molecule has 0 saturated heterocycles. The highest BCUT2D eigenvalue weighted by atomic mass is 16.3. The average molecular weight is 256 g/mol. The Morgan fingerprint density at radius 2 is 1.89 bits per heavy atom. The van der Waals surface area contributed by atoms with Crippen molar-refractivity contribution in [2.24, 2.45) is 0 Å². The van der Waals surface area contributed by atoms with Crippen molar-refractivity contribution < 1.29 is 5.11 Å². The highest BCUT2D eigenvalue weighted by molar-refractivity contribution is 5.53. The maximum absolute atomic E-state index is 12.0. The van der Waals surface area contributed by atoms with Gasteiger partial charge in [-0.25, -0.2) is 4.98 Å². The topological polar surface area (TPSA) is 57.7 Å². The van der Waals surface area contributed by atoms with E-state index in [2.05, 4.69) is 22.2 Å². The minimum absolute atomic E-state index is 0.167. The van der Waals surface area contributed by atoms with Crippen LogP contribution in [0.2, 0.25) is 0 Å². The summed E-state index contributed by atoms with van der Waals surface area (Å²) in [5.41, 5.74) is 2.38. The molecule has 0 aliphatic rings. The van der Waals surface area contributed by atoms with Crippen LogP contribution in [-0.4, -0.2) is 9.97 Å². The third kappa shape index (κ3) is 3.44. The number of rotatable bonds is 5. The molecule has 0 fully saturated rings. The van der Waals surface area contributed by atoms with Crippen LogP contribution >= 0.6 is 0 Å². The van der Waals surface area contributed by atoms with Crippen molar-refractivity contribution in [2.75, 3.05) is 5.32 Å². The zero-order valence-corrected chi connectivity index (χ0v) is 11.3. The maximum atomic E-state index is 12.0. The van der Waals surface area contributed by atoms with Crippen LogP contribution in [0.5, 0.6) is 5.88 Å². The number of benzene rings is 1. The standard InChI is InChI=1S/C15H18N3O/c1-3-4-10-13-11(2)16-15(18-14(13)19)17-12-8-6-5-7-9-12/h5-9H,3-4,10H2,1-2H3,(H,16,17,18). The van der Waals surface area contributed by atoms with Crippen LogP contribution in [0.1, 0.15) is 31.0 Å². The Morgan fingerprint density at radius 3 is 2.53 bits per heavy atom. The lowest BCUT2D eigenvalue weighted by atomic mass is 10.1. The first-order chi connectivity index (χ1) is 9.20. The molecule has 0 unspecified atom stereocenters. The molecule has 2 aromatic rings. The van der Waals surface area contributed by atoms with Gasteiger partial charge in [0.2, 0.25) is 5.95 Å². The van der Waals surface area contributed by atoms with E-state index >= 15 is 0 Å². The van der Waals surface area contributed by atoms with E-state index in [9.17, 15) is 5.11 Å². The number of nitrogens with one attached hydrogen (secondary N) is 1. The molecule has 1 radical (unpaired) electrons. The van der Waals surface area contributed by atoms with E-state index in [-0.39, 0.29) is 5.88 Å². The van der Waals surface area contributed by atoms with Crippen molar-refractivity contribution in [2.45, 2.75) is 33.1 Å². The second kappa shape index (κ2) is 6.18. The highest BCUT2D eigenvalue weighted by Crippen LogP contribution is 2.23. The average Bonchev–Trinajstić information content (AvgIpc) is 2.39. The van der Waals surface area contributed by atoms with Gasteiger partial charge in [-0.2, -0.15) is 4.98 Å². The molecular weight excluding hydrogens is 238 g/mol. The summed E-state index contributed by atoms with van der Waals surface area (Å²) in [4.78, 5) is 8.36. The molecule has 0 atom stereocenters. The minimum Gasteiger partial charge on any atom is -0.324 e. The molecule has 1 heterocycles. The first-order valence-electron chi connectivity index (χ1n) is 6.57. The number of anilines is 2. The van der Waals surface area contributed by atoms with Gasteiger partial charge in [0.05, 0.1) is 5.69 Å². The van der Waals surface area contributed by atoms with Crippen LogP contribution in [0.4, 0.5) is 11.6 Å². The Labute approximate surface area is 113 Å². The number of hydrogen-bond acceptors (Lipinski definition) is 3. The van der Waals surface area contributed by atoms with E-state index in [1.54, 1.807) is 0 Å². The number of hydrogen-bond donors (Lipinski definition) is 1. The quantitative estimate of drug-likeness (QED) is 0.879. The fourth-order valence-corrected chi connectivity index (χ4v) is 1.92. The van der Waals surface area contributed by atoms with Gasteiger partial charge in [0.25, 0.3) is 5.88 Å². The third-order valence-corrected chi connectivity index (χ3v) is 2.99. The van der Waals surface area contributed by atoms with E-state index in [1.807, 2.05) is 37.3 Å². The zero-order valence-electron chi connectivity index (χ0n) is 11.3. The van der Waals surface area contributed by atoms with Crippen LogP contribution in [0.3, 0.4) is 0 Å². The molecule has 0 amide bonds. The molecule has 0 aliphatic heterocycles. The van der Waals surface area contributed by atoms with Crippen LogP contribution in [0, 0.1) is 6.92 Å². The fraction of sp³-hybridized carbons (Fsp3) is 0.333. The molecule has 2 rings (SSSR count). The number of para-hydroxylation sites is 1. The fourth-order valence-electron chi connectivity index (χ4n) is 1.92. The van der Waals surface area contributed by atoms with Gasteiger partial charge < -0.3 is 5.32 Å². The molecule has 0 bridgehead atoms. The van der Waals surface area contributed by atoms with Crippen molar-refractivity contribution in [1.29, 1.82) is 0 Å². The molecule has 4 nitrogen and oxygen atoms in total. The van der Waals surface area contributed by atoms with Gasteiger partial charge in [-0.05, 0) is 31.9 Å². The molecule has 1 N–H and O–H groups in total. The number of unbranched alkanes of at least 4 members (excludes halogenated alkanes) is 1. The van der Waals surface area contributed by atoms with Gasteiger partial charge in [0.15, 0.2) is 0 Å². The van der Waals surface area contributed by atoms with E-state index in [0.717, 1.165) is 36.2 Å². The summed E-state index contributed by atoms with van der Waals surface area (Å²) >= 11 is 0. The lowest BCUT2D eigenvalue weighted by Gasteiger charge is -2.09. The molecule has 1 aromatic heterocycles. The number of aryl methyl sites for hydroxylation is 1. The first-order valence-corrected chi connectivity index (χ1v) is 6.57. The largest absolute Gasteiger partial charge is 0.324 e. The van der Waals surface area contributed by atoms with Crippen molar-refractivity contribution in [3.63, 3.8) is 0 Å². The Balaban J connectivity index is 2.20. The van der Waals surface area contributed by atoms with E-state index in [0.29, 0.717) is 5.95 Å². The van der Waals surface area contributed by atoms with E-state index < -0.39 is 0 Å². The van der Waals surface area contributed by atoms with Gasteiger partial charge in [-0.3, -0.25) is 5.11 Å².